The molecular weight excluding hydrogens is 378 g/mol. The minimum absolute atomic E-state index is 0.0928. The highest BCUT2D eigenvalue weighted by atomic mass is 79.9. The second kappa shape index (κ2) is 7.49. The topological polar surface area (TPSA) is 45.2 Å². The van der Waals surface area contributed by atoms with Gasteiger partial charge in [0.1, 0.15) is 5.82 Å². The van der Waals surface area contributed by atoms with Crippen molar-refractivity contribution in [3.05, 3.63) is 82.5 Å². The SMILES string of the molecule is Cc1cc(Nc2ccc(C(=O)N(C)c3ccccc3)cn2)ccc1Br. The summed E-state index contributed by atoms with van der Waals surface area (Å²) in [6, 6.07) is 19.1. The minimum Gasteiger partial charge on any atom is -0.340 e. The number of aromatic nitrogens is 1. The van der Waals surface area contributed by atoms with Crippen molar-refractivity contribution in [2.45, 2.75) is 6.92 Å². The summed E-state index contributed by atoms with van der Waals surface area (Å²) in [5, 5.41) is 3.24. The number of amides is 1. The van der Waals surface area contributed by atoms with E-state index in [9.17, 15) is 4.79 Å². The molecule has 0 aliphatic heterocycles. The number of nitrogens with zero attached hydrogens (tertiary/aromatic N) is 2. The minimum atomic E-state index is -0.0928. The predicted octanol–water partition coefficient (Wildman–Crippen LogP) is 5.17. The van der Waals surface area contributed by atoms with Crippen LogP contribution in [0.3, 0.4) is 0 Å². The van der Waals surface area contributed by atoms with E-state index in [1.807, 2.05) is 61.5 Å². The number of halogens is 1. The van der Waals surface area contributed by atoms with Crippen molar-refractivity contribution in [1.82, 2.24) is 4.98 Å². The Hall–Kier alpha value is -2.66. The molecule has 1 aromatic heterocycles. The molecule has 0 saturated carbocycles. The smallest absolute Gasteiger partial charge is 0.259 e. The van der Waals surface area contributed by atoms with Gasteiger partial charge in [0.25, 0.3) is 5.91 Å². The fourth-order valence-electron chi connectivity index (χ4n) is 2.43. The Balaban J connectivity index is 1.73. The van der Waals surface area contributed by atoms with E-state index in [0.717, 1.165) is 21.4 Å². The molecule has 0 spiro atoms. The van der Waals surface area contributed by atoms with Crippen LogP contribution < -0.4 is 10.2 Å². The summed E-state index contributed by atoms with van der Waals surface area (Å²) < 4.78 is 1.07. The third-order valence-electron chi connectivity index (χ3n) is 3.89. The zero-order valence-corrected chi connectivity index (χ0v) is 15.6. The van der Waals surface area contributed by atoms with Gasteiger partial charge in [-0.05, 0) is 55.0 Å². The molecule has 0 aliphatic rings. The lowest BCUT2D eigenvalue weighted by Crippen LogP contribution is -2.26. The van der Waals surface area contributed by atoms with Crippen LogP contribution in [0.2, 0.25) is 0 Å². The Kier molecular flexibility index (Phi) is 5.14. The average Bonchev–Trinajstić information content (AvgIpc) is 2.65. The third kappa shape index (κ3) is 4.06. The Labute approximate surface area is 155 Å². The molecule has 2 aromatic carbocycles. The molecule has 4 nitrogen and oxygen atoms in total. The van der Waals surface area contributed by atoms with Crippen LogP contribution in [0.4, 0.5) is 17.2 Å². The van der Waals surface area contributed by atoms with Gasteiger partial charge in [-0.1, -0.05) is 34.1 Å². The number of rotatable bonds is 4. The summed E-state index contributed by atoms with van der Waals surface area (Å²) in [5.74, 6) is 0.602. The van der Waals surface area contributed by atoms with Gasteiger partial charge in [-0.25, -0.2) is 4.98 Å². The van der Waals surface area contributed by atoms with Crippen LogP contribution in [0.15, 0.2) is 71.3 Å². The standard InChI is InChI=1S/C20H18BrN3O/c1-14-12-16(9-10-18(14)21)23-19-11-8-15(13-22-19)20(25)24(2)17-6-4-3-5-7-17/h3-13H,1-2H3,(H,22,23). The molecule has 3 aromatic rings. The molecule has 25 heavy (non-hydrogen) atoms. The zero-order chi connectivity index (χ0) is 17.8. The number of benzene rings is 2. The van der Waals surface area contributed by atoms with Crippen molar-refractivity contribution in [1.29, 1.82) is 0 Å². The normalized spacial score (nSPS) is 10.4. The first-order valence-corrected chi connectivity index (χ1v) is 8.66. The zero-order valence-electron chi connectivity index (χ0n) is 14.0. The summed E-state index contributed by atoms with van der Waals surface area (Å²) in [7, 11) is 1.76. The number of pyridine rings is 1. The number of carbonyl (C=O) groups excluding carboxylic acids is 1. The maximum Gasteiger partial charge on any atom is 0.259 e. The van der Waals surface area contributed by atoms with Gasteiger partial charge in [0.2, 0.25) is 0 Å². The average molecular weight is 396 g/mol. The monoisotopic (exact) mass is 395 g/mol. The lowest BCUT2D eigenvalue weighted by molar-refractivity contribution is 0.0992. The van der Waals surface area contributed by atoms with Crippen molar-refractivity contribution in [2.75, 3.05) is 17.3 Å². The fraction of sp³-hybridized carbons (Fsp3) is 0.100. The molecule has 126 valence electrons. The van der Waals surface area contributed by atoms with Gasteiger partial charge in [0.05, 0.1) is 5.56 Å². The summed E-state index contributed by atoms with van der Waals surface area (Å²) in [4.78, 5) is 18.5. The third-order valence-corrected chi connectivity index (χ3v) is 4.78. The molecule has 3 rings (SSSR count). The van der Waals surface area contributed by atoms with Crippen LogP contribution in [-0.4, -0.2) is 17.9 Å². The first-order valence-electron chi connectivity index (χ1n) is 7.87. The number of hydrogen-bond acceptors (Lipinski definition) is 3. The van der Waals surface area contributed by atoms with Gasteiger partial charge in [-0.3, -0.25) is 4.79 Å². The lowest BCUT2D eigenvalue weighted by atomic mass is 10.2. The van der Waals surface area contributed by atoms with Gasteiger partial charge in [-0.15, -0.1) is 0 Å². The molecule has 0 atom stereocenters. The second-order valence-corrected chi connectivity index (χ2v) is 6.58. The van der Waals surface area contributed by atoms with E-state index in [0.29, 0.717) is 11.4 Å². The van der Waals surface area contributed by atoms with Crippen molar-refractivity contribution in [3.63, 3.8) is 0 Å². The Morgan fingerprint density at radius 2 is 1.84 bits per heavy atom. The number of aryl methyl sites for hydroxylation is 1. The van der Waals surface area contributed by atoms with E-state index >= 15 is 0 Å². The van der Waals surface area contributed by atoms with Crippen molar-refractivity contribution >= 4 is 39.0 Å². The summed E-state index contributed by atoms with van der Waals surface area (Å²) in [5.41, 5.74) is 3.49. The van der Waals surface area contributed by atoms with Crippen LogP contribution in [0.25, 0.3) is 0 Å². The van der Waals surface area contributed by atoms with E-state index in [2.05, 4.69) is 26.2 Å². The highest BCUT2D eigenvalue weighted by Crippen LogP contribution is 2.22. The van der Waals surface area contributed by atoms with Crippen molar-refractivity contribution in [2.24, 2.45) is 0 Å². The first-order chi connectivity index (χ1) is 12.0. The summed E-state index contributed by atoms with van der Waals surface area (Å²) in [6.07, 6.45) is 1.59. The highest BCUT2D eigenvalue weighted by Gasteiger charge is 2.13. The molecule has 0 radical (unpaired) electrons. The van der Waals surface area contributed by atoms with E-state index in [1.54, 1.807) is 24.2 Å². The van der Waals surface area contributed by atoms with Crippen LogP contribution in [0.1, 0.15) is 15.9 Å². The molecule has 1 heterocycles. The molecule has 0 unspecified atom stereocenters. The van der Waals surface area contributed by atoms with Crippen LogP contribution in [0, 0.1) is 6.92 Å². The number of anilines is 3. The molecule has 0 fully saturated rings. The maximum atomic E-state index is 12.6. The van der Waals surface area contributed by atoms with Gasteiger partial charge >= 0.3 is 0 Å². The summed E-state index contributed by atoms with van der Waals surface area (Å²) in [6.45, 7) is 2.03. The van der Waals surface area contributed by atoms with E-state index in [1.165, 1.54) is 0 Å². The molecular formula is C20H18BrN3O. The molecule has 1 amide bonds. The number of para-hydroxylation sites is 1. The largest absolute Gasteiger partial charge is 0.340 e. The Morgan fingerprint density at radius 1 is 1.08 bits per heavy atom. The predicted molar refractivity (Wildman–Crippen MR) is 106 cm³/mol. The Morgan fingerprint density at radius 3 is 2.48 bits per heavy atom. The van der Waals surface area contributed by atoms with Crippen LogP contribution >= 0.6 is 15.9 Å². The van der Waals surface area contributed by atoms with Crippen molar-refractivity contribution in [3.8, 4) is 0 Å². The lowest BCUT2D eigenvalue weighted by Gasteiger charge is -2.17. The van der Waals surface area contributed by atoms with Gasteiger partial charge in [0.15, 0.2) is 0 Å². The molecule has 5 heteroatoms. The first kappa shape index (κ1) is 17.2. The highest BCUT2D eigenvalue weighted by molar-refractivity contribution is 9.10. The number of hydrogen-bond donors (Lipinski definition) is 1. The van der Waals surface area contributed by atoms with Crippen LogP contribution in [-0.2, 0) is 0 Å². The molecule has 1 N–H and O–H groups in total. The van der Waals surface area contributed by atoms with Crippen LogP contribution in [0.5, 0.6) is 0 Å². The van der Waals surface area contributed by atoms with E-state index in [-0.39, 0.29) is 5.91 Å². The molecule has 0 saturated heterocycles. The van der Waals surface area contributed by atoms with Gasteiger partial charge < -0.3 is 10.2 Å². The number of carbonyl (C=O) groups is 1. The molecule has 0 aliphatic carbocycles. The molecule has 0 bridgehead atoms. The summed E-state index contributed by atoms with van der Waals surface area (Å²) >= 11 is 3.49. The van der Waals surface area contributed by atoms with Gasteiger partial charge in [0, 0.05) is 29.1 Å². The Bertz CT molecular complexity index is 879. The van der Waals surface area contributed by atoms with Crippen molar-refractivity contribution < 1.29 is 4.79 Å². The van der Waals surface area contributed by atoms with E-state index in [4.69, 9.17) is 0 Å². The maximum absolute atomic E-state index is 12.6. The quantitative estimate of drug-likeness (QED) is 0.662. The fourth-order valence-corrected chi connectivity index (χ4v) is 2.67. The number of nitrogens with one attached hydrogen (secondary N) is 1. The second-order valence-electron chi connectivity index (χ2n) is 5.72. The van der Waals surface area contributed by atoms with E-state index < -0.39 is 0 Å². The van der Waals surface area contributed by atoms with Gasteiger partial charge in [-0.2, -0.15) is 0 Å².